The van der Waals surface area contributed by atoms with Gasteiger partial charge in [-0.15, -0.1) is 0 Å². The van der Waals surface area contributed by atoms with E-state index in [1.54, 1.807) is 31.3 Å². The molecule has 1 aromatic rings. The first kappa shape index (κ1) is 15.3. The summed E-state index contributed by atoms with van der Waals surface area (Å²) in [6.45, 7) is 3.57. The minimum absolute atomic E-state index is 0.0314. The number of benzene rings is 1. The lowest BCUT2D eigenvalue weighted by Gasteiger charge is -2.22. The van der Waals surface area contributed by atoms with Gasteiger partial charge in [0.25, 0.3) is 0 Å². The molecular formula is C15H22N4O2. The van der Waals surface area contributed by atoms with Crippen molar-refractivity contribution in [3.8, 4) is 0 Å². The summed E-state index contributed by atoms with van der Waals surface area (Å²) < 4.78 is 0. The van der Waals surface area contributed by atoms with Gasteiger partial charge in [0.05, 0.1) is 12.0 Å². The van der Waals surface area contributed by atoms with E-state index < -0.39 is 5.41 Å². The molecule has 1 saturated heterocycles. The van der Waals surface area contributed by atoms with Crippen molar-refractivity contribution >= 4 is 23.2 Å². The molecule has 21 heavy (non-hydrogen) atoms. The zero-order valence-electron chi connectivity index (χ0n) is 12.5. The van der Waals surface area contributed by atoms with Crippen LogP contribution >= 0.6 is 0 Å². The number of amides is 2. The van der Waals surface area contributed by atoms with Crippen LogP contribution in [0, 0.1) is 5.41 Å². The van der Waals surface area contributed by atoms with Crippen LogP contribution in [-0.4, -0.2) is 43.4 Å². The third-order valence-corrected chi connectivity index (χ3v) is 3.89. The quantitative estimate of drug-likeness (QED) is 0.711. The van der Waals surface area contributed by atoms with Gasteiger partial charge in [0.1, 0.15) is 0 Å². The number of carbonyl (C=O) groups is 2. The average Bonchev–Trinajstić information content (AvgIpc) is 2.83. The van der Waals surface area contributed by atoms with Gasteiger partial charge in [-0.2, -0.15) is 0 Å². The van der Waals surface area contributed by atoms with Crippen molar-refractivity contribution < 1.29 is 9.59 Å². The van der Waals surface area contributed by atoms with E-state index in [2.05, 4.69) is 10.6 Å². The highest BCUT2D eigenvalue weighted by Crippen LogP contribution is 2.29. The Hall–Kier alpha value is -2.08. The standard InChI is InChI=1S/C15H22N4O2/c1-15(14(21)17-2)7-8-19(10-15)9-13(20)18-12-5-3-11(16)4-6-12/h3-6H,7-10,16H2,1-2H3,(H,17,21)(H,18,20). The monoisotopic (exact) mass is 290 g/mol. The third kappa shape index (κ3) is 3.72. The van der Waals surface area contributed by atoms with Gasteiger partial charge in [0, 0.05) is 25.0 Å². The molecule has 0 aliphatic carbocycles. The first-order valence-electron chi connectivity index (χ1n) is 7.03. The summed E-state index contributed by atoms with van der Waals surface area (Å²) in [5.41, 5.74) is 6.58. The van der Waals surface area contributed by atoms with Crippen LogP contribution in [-0.2, 0) is 9.59 Å². The van der Waals surface area contributed by atoms with Gasteiger partial charge >= 0.3 is 0 Å². The number of nitrogens with zero attached hydrogens (tertiary/aromatic N) is 1. The second-order valence-electron chi connectivity index (χ2n) is 5.77. The second-order valence-corrected chi connectivity index (χ2v) is 5.77. The van der Waals surface area contributed by atoms with E-state index in [9.17, 15) is 9.59 Å². The van der Waals surface area contributed by atoms with E-state index in [1.165, 1.54) is 0 Å². The predicted molar refractivity (Wildman–Crippen MR) is 82.7 cm³/mol. The van der Waals surface area contributed by atoms with Gasteiger partial charge in [-0.05, 0) is 44.2 Å². The number of likely N-dealkylation sites (tertiary alicyclic amines) is 1. The molecule has 1 aliphatic rings. The Balaban J connectivity index is 1.87. The Morgan fingerprint density at radius 2 is 2.00 bits per heavy atom. The van der Waals surface area contributed by atoms with E-state index in [0.29, 0.717) is 12.2 Å². The third-order valence-electron chi connectivity index (χ3n) is 3.89. The fraction of sp³-hybridized carbons (Fsp3) is 0.467. The first-order chi connectivity index (χ1) is 9.93. The Bertz CT molecular complexity index is 529. The molecular weight excluding hydrogens is 268 g/mol. The smallest absolute Gasteiger partial charge is 0.238 e. The highest BCUT2D eigenvalue weighted by Gasteiger charge is 2.40. The van der Waals surface area contributed by atoms with Crippen molar-refractivity contribution in [3.05, 3.63) is 24.3 Å². The molecule has 1 fully saturated rings. The summed E-state index contributed by atoms with van der Waals surface area (Å²) in [6, 6.07) is 7.03. The molecule has 1 aliphatic heterocycles. The number of hydrogen-bond acceptors (Lipinski definition) is 4. The fourth-order valence-corrected chi connectivity index (χ4v) is 2.65. The maximum atomic E-state index is 12.0. The first-order valence-corrected chi connectivity index (χ1v) is 7.03. The topological polar surface area (TPSA) is 87.5 Å². The normalized spacial score (nSPS) is 22.0. The summed E-state index contributed by atoms with van der Waals surface area (Å²) in [4.78, 5) is 25.9. The summed E-state index contributed by atoms with van der Waals surface area (Å²) in [5.74, 6) is -0.0510. The lowest BCUT2D eigenvalue weighted by Crippen LogP contribution is -2.40. The van der Waals surface area contributed by atoms with Gasteiger partial charge in [-0.1, -0.05) is 0 Å². The highest BCUT2D eigenvalue weighted by molar-refractivity contribution is 5.92. The van der Waals surface area contributed by atoms with Crippen LogP contribution in [0.4, 0.5) is 11.4 Å². The molecule has 114 valence electrons. The number of nitrogen functional groups attached to an aromatic ring is 1. The van der Waals surface area contributed by atoms with Gasteiger partial charge < -0.3 is 16.4 Å². The van der Waals surface area contributed by atoms with E-state index >= 15 is 0 Å². The van der Waals surface area contributed by atoms with Gasteiger partial charge in [-0.25, -0.2) is 0 Å². The molecule has 0 aromatic heterocycles. The van der Waals surface area contributed by atoms with Crippen LogP contribution in [0.2, 0.25) is 0 Å². The van der Waals surface area contributed by atoms with Crippen molar-refractivity contribution in [1.29, 1.82) is 0 Å². The molecule has 0 bridgehead atoms. The van der Waals surface area contributed by atoms with Crippen molar-refractivity contribution in [2.45, 2.75) is 13.3 Å². The molecule has 1 aromatic carbocycles. The molecule has 6 nitrogen and oxygen atoms in total. The SMILES string of the molecule is CNC(=O)C1(C)CCN(CC(=O)Nc2ccc(N)cc2)C1. The number of hydrogen-bond donors (Lipinski definition) is 3. The Kier molecular flexibility index (Phi) is 4.47. The van der Waals surface area contributed by atoms with Crippen LogP contribution in [0.1, 0.15) is 13.3 Å². The number of nitrogens with two attached hydrogens (primary N) is 1. The van der Waals surface area contributed by atoms with Gasteiger partial charge in [0.15, 0.2) is 0 Å². The maximum Gasteiger partial charge on any atom is 0.238 e. The molecule has 0 saturated carbocycles. The van der Waals surface area contributed by atoms with Gasteiger partial charge in [-0.3, -0.25) is 14.5 Å². The van der Waals surface area contributed by atoms with Crippen LogP contribution in [0.15, 0.2) is 24.3 Å². The Morgan fingerprint density at radius 3 is 2.62 bits per heavy atom. The Morgan fingerprint density at radius 1 is 1.33 bits per heavy atom. The second kappa shape index (κ2) is 6.13. The van der Waals surface area contributed by atoms with Crippen molar-refractivity contribution in [2.24, 2.45) is 5.41 Å². The average molecular weight is 290 g/mol. The molecule has 6 heteroatoms. The fourth-order valence-electron chi connectivity index (χ4n) is 2.65. The minimum Gasteiger partial charge on any atom is -0.399 e. The van der Waals surface area contributed by atoms with Crippen molar-refractivity contribution in [2.75, 3.05) is 37.7 Å². The lowest BCUT2D eigenvalue weighted by molar-refractivity contribution is -0.129. The molecule has 1 unspecified atom stereocenters. The Labute approximate surface area is 124 Å². The van der Waals surface area contributed by atoms with E-state index in [-0.39, 0.29) is 18.4 Å². The minimum atomic E-state index is -0.407. The van der Waals surface area contributed by atoms with E-state index in [0.717, 1.165) is 18.7 Å². The number of rotatable bonds is 4. The predicted octanol–water partition coefficient (Wildman–Crippen LogP) is 0.665. The van der Waals surface area contributed by atoms with Crippen LogP contribution in [0.25, 0.3) is 0 Å². The van der Waals surface area contributed by atoms with Crippen LogP contribution in [0.3, 0.4) is 0 Å². The van der Waals surface area contributed by atoms with Crippen molar-refractivity contribution in [1.82, 2.24) is 10.2 Å². The molecule has 1 atom stereocenters. The summed E-state index contributed by atoms with van der Waals surface area (Å²) in [7, 11) is 1.64. The summed E-state index contributed by atoms with van der Waals surface area (Å²) >= 11 is 0. The van der Waals surface area contributed by atoms with Crippen molar-refractivity contribution in [3.63, 3.8) is 0 Å². The summed E-state index contributed by atoms with van der Waals surface area (Å²) in [5, 5.41) is 5.52. The largest absolute Gasteiger partial charge is 0.399 e. The number of carbonyl (C=O) groups excluding carboxylic acids is 2. The van der Waals surface area contributed by atoms with Crippen LogP contribution < -0.4 is 16.4 Å². The highest BCUT2D eigenvalue weighted by atomic mass is 16.2. The molecule has 2 rings (SSSR count). The summed E-state index contributed by atoms with van der Waals surface area (Å²) in [6.07, 6.45) is 0.766. The van der Waals surface area contributed by atoms with E-state index in [4.69, 9.17) is 5.73 Å². The van der Waals surface area contributed by atoms with Crippen LogP contribution in [0.5, 0.6) is 0 Å². The molecule has 1 heterocycles. The zero-order valence-corrected chi connectivity index (χ0v) is 12.5. The molecule has 4 N–H and O–H groups in total. The molecule has 0 radical (unpaired) electrons. The molecule has 2 amide bonds. The van der Waals surface area contributed by atoms with Gasteiger partial charge in [0.2, 0.25) is 11.8 Å². The van der Waals surface area contributed by atoms with E-state index in [1.807, 2.05) is 11.8 Å². The number of anilines is 2. The number of nitrogens with one attached hydrogen (secondary N) is 2. The zero-order chi connectivity index (χ0) is 15.5. The lowest BCUT2D eigenvalue weighted by atomic mass is 9.89. The molecule has 0 spiro atoms. The maximum absolute atomic E-state index is 12.0.